The number of carbonyl (C=O) groups is 1. The molecule has 0 aliphatic carbocycles. The lowest BCUT2D eigenvalue weighted by Gasteiger charge is -2.05. The highest BCUT2D eigenvalue weighted by atomic mass is 32.2. The quantitative estimate of drug-likeness (QED) is 0.424. The molecule has 0 spiro atoms. The maximum atomic E-state index is 12.2. The minimum absolute atomic E-state index is 0.0516. The molecule has 0 saturated heterocycles. The Bertz CT molecular complexity index is 973. The molecule has 148 valence electrons. The van der Waals surface area contributed by atoms with Gasteiger partial charge in [0.15, 0.2) is 11.5 Å². The van der Waals surface area contributed by atoms with Gasteiger partial charge >= 0.3 is 0 Å². The fraction of sp³-hybridized carbons (Fsp3) is 0.130. The number of phenolic OH excluding ortho intramolecular Hbond substituents is 1. The number of benzene rings is 3. The molecule has 0 aliphatic heterocycles. The molecule has 29 heavy (non-hydrogen) atoms. The number of thioether (sulfide) groups is 1. The van der Waals surface area contributed by atoms with Crippen LogP contribution in [0, 0.1) is 0 Å². The van der Waals surface area contributed by atoms with Crippen LogP contribution in [0.5, 0.6) is 11.5 Å². The lowest BCUT2D eigenvalue weighted by molar-refractivity contribution is 0.0955. The Morgan fingerprint density at radius 2 is 1.72 bits per heavy atom. The van der Waals surface area contributed by atoms with Crippen LogP contribution in [-0.2, 0) is 11.5 Å². The van der Waals surface area contributed by atoms with Crippen molar-refractivity contribution < 1.29 is 14.6 Å². The number of carbonyl (C=O) groups excluding carboxylic acids is 1. The minimum Gasteiger partial charge on any atom is -0.504 e. The van der Waals surface area contributed by atoms with E-state index in [0.717, 1.165) is 11.5 Å². The number of aromatic hydroxyl groups is 1. The van der Waals surface area contributed by atoms with Crippen molar-refractivity contribution in [1.29, 1.82) is 0 Å². The Morgan fingerprint density at radius 3 is 2.41 bits per heavy atom. The zero-order chi connectivity index (χ0) is 20.5. The van der Waals surface area contributed by atoms with Gasteiger partial charge in [0, 0.05) is 17.1 Å². The van der Waals surface area contributed by atoms with Crippen LogP contribution < -0.4 is 10.2 Å². The zero-order valence-electron chi connectivity index (χ0n) is 16.0. The Morgan fingerprint density at radius 1 is 1.03 bits per heavy atom. The summed E-state index contributed by atoms with van der Waals surface area (Å²) in [6.07, 6.45) is 1.49. The SMILES string of the molecule is COc1cc(/C=N/NC(=O)c2ccc(CSCc3ccccc3)cc2)ccc1O. The smallest absolute Gasteiger partial charge is 0.271 e. The number of hydrogen-bond acceptors (Lipinski definition) is 5. The summed E-state index contributed by atoms with van der Waals surface area (Å²) in [5, 5.41) is 13.6. The standard InChI is InChI=1S/C23H22N2O3S/c1-28-22-13-19(9-12-21(22)26)14-24-25-23(27)20-10-7-18(8-11-20)16-29-15-17-5-3-2-4-6-17/h2-14,26H,15-16H2,1H3,(H,25,27)/b24-14+. The normalized spacial score (nSPS) is 10.8. The van der Waals surface area contributed by atoms with Crippen molar-refractivity contribution in [3.05, 3.63) is 95.1 Å². The van der Waals surface area contributed by atoms with Crippen LogP contribution in [0.4, 0.5) is 0 Å². The third kappa shape index (κ3) is 6.12. The van der Waals surface area contributed by atoms with Crippen LogP contribution in [0.15, 0.2) is 77.9 Å². The first-order valence-corrected chi connectivity index (χ1v) is 10.2. The fourth-order valence-corrected chi connectivity index (χ4v) is 3.58. The van der Waals surface area contributed by atoms with Gasteiger partial charge < -0.3 is 9.84 Å². The van der Waals surface area contributed by atoms with Gasteiger partial charge in [-0.2, -0.15) is 16.9 Å². The molecular weight excluding hydrogens is 384 g/mol. The predicted molar refractivity (Wildman–Crippen MR) is 118 cm³/mol. The van der Waals surface area contributed by atoms with Gasteiger partial charge in [-0.1, -0.05) is 42.5 Å². The minimum atomic E-state index is -0.282. The number of ether oxygens (including phenoxy) is 1. The van der Waals surface area contributed by atoms with Gasteiger partial charge in [-0.3, -0.25) is 4.79 Å². The number of methoxy groups -OCH3 is 1. The van der Waals surface area contributed by atoms with Crippen molar-refractivity contribution in [2.24, 2.45) is 5.10 Å². The van der Waals surface area contributed by atoms with Gasteiger partial charge in [0.2, 0.25) is 0 Å². The first kappa shape index (κ1) is 20.5. The number of phenols is 1. The van der Waals surface area contributed by atoms with Gasteiger partial charge in [-0.25, -0.2) is 5.43 Å². The number of nitrogens with one attached hydrogen (secondary N) is 1. The lowest BCUT2D eigenvalue weighted by Crippen LogP contribution is -2.17. The predicted octanol–water partition coefficient (Wildman–Crippen LogP) is 4.60. The van der Waals surface area contributed by atoms with E-state index in [1.165, 1.54) is 30.5 Å². The van der Waals surface area contributed by atoms with E-state index in [1.54, 1.807) is 24.3 Å². The summed E-state index contributed by atoms with van der Waals surface area (Å²) >= 11 is 1.84. The largest absolute Gasteiger partial charge is 0.504 e. The molecule has 3 rings (SSSR count). The van der Waals surface area contributed by atoms with E-state index in [1.807, 2.05) is 42.1 Å². The number of amides is 1. The van der Waals surface area contributed by atoms with Crippen molar-refractivity contribution in [3.8, 4) is 11.5 Å². The highest BCUT2D eigenvalue weighted by molar-refractivity contribution is 7.97. The Balaban J connectivity index is 1.49. The van der Waals surface area contributed by atoms with E-state index in [0.29, 0.717) is 16.9 Å². The molecule has 0 fully saturated rings. The third-order valence-corrected chi connectivity index (χ3v) is 5.25. The number of nitrogens with zero attached hydrogens (tertiary/aromatic N) is 1. The van der Waals surface area contributed by atoms with Crippen molar-refractivity contribution in [3.63, 3.8) is 0 Å². The van der Waals surface area contributed by atoms with Crippen molar-refractivity contribution in [2.75, 3.05) is 7.11 Å². The van der Waals surface area contributed by atoms with E-state index in [4.69, 9.17) is 4.74 Å². The molecule has 1 amide bonds. The Labute approximate surface area is 174 Å². The molecule has 6 heteroatoms. The molecule has 2 N–H and O–H groups in total. The molecular formula is C23H22N2O3S. The van der Waals surface area contributed by atoms with Gasteiger partial charge in [0.05, 0.1) is 13.3 Å². The average molecular weight is 407 g/mol. The van der Waals surface area contributed by atoms with E-state index < -0.39 is 0 Å². The topological polar surface area (TPSA) is 70.9 Å². The van der Waals surface area contributed by atoms with E-state index in [9.17, 15) is 9.90 Å². The summed E-state index contributed by atoms with van der Waals surface area (Å²) in [4.78, 5) is 12.2. The van der Waals surface area contributed by atoms with Gasteiger partial charge in [-0.15, -0.1) is 0 Å². The molecule has 0 aromatic heterocycles. The number of rotatable bonds is 8. The second-order valence-electron chi connectivity index (χ2n) is 6.31. The average Bonchev–Trinajstić information content (AvgIpc) is 2.76. The highest BCUT2D eigenvalue weighted by Gasteiger charge is 2.05. The summed E-state index contributed by atoms with van der Waals surface area (Å²) in [5.41, 5.74) is 6.22. The zero-order valence-corrected chi connectivity index (χ0v) is 16.9. The molecule has 0 aliphatic rings. The number of hydrazone groups is 1. The summed E-state index contributed by atoms with van der Waals surface area (Å²) in [5.74, 6) is 1.96. The van der Waals surface area contributed by atoms with Crippen LogP contribution in [0.3, 0.4) is 0 Å². The van der Waals surface area contributed by atoms with Crippen molar-refractivity contribution in [1.82, 2.24) is 5.43 Å². The van der Waals surface area contributed by atoms with Crippen LogP contribution in [0.2, 0.25) is 0 Å². The maximum Gasteiger partial charge on any atom is 0.271 e. The lowest BCUT2D eigenvalue weighted by atomic mass is 10.1. The second-order valence-corrected chi connectivity index (χ2v) is 7.29. The van der Waals surface area contributed by atoms with Crippen LogP contribution in [-0.4, -0.2) is 24.3 Å². The summed E-state index contributed by atoms with van der Waals surface area (Å²) < 4.78 is 5.05. The Kier molecular flexibility index (Phi) is 7.30. The van der Waals surface area contributed by atoms with Gasteiger partial charge in [-0.05, 0) is 47.0 Å². The van der Waals surface area contributed by atoms with E-state index >= 15 is 0 Å². The first-order valence-electron chi connectivity index (χ1n) is 9.07. The second kappa shape index (κ2) is 10.3. The molecule has 3 aromatic carbocycles. The molecule has 0 saturated carbocycles. The van der Waals surface area contributed by atoms with Crippen LogP contribution in [0.1, 0.15) is 27.0 Å². The highest BCUT2D eigenvalue weighted by Crippen LogP contribution is 2.25. The van der Waals surface area contributed by atoms with Crippen LogP contribution in [0.25, 0.3) is 0 Å². The van der Waals surface area contributed by atoms with Crippen molar-refractivity contribution in [2.45, 2.75) is 11.5 Å². The number of hydrogen-bond donors (Lipinski definition) is 2. The summed E-state index contributed by atoms with van der Waals surface area (Å²) in [7, 11) is 1.47. The summed E-state index contributed by atoms with van der Waals surface area (Å²) in [6, 6.07) is 22.7. The molecule has 0 unspecified atom stereocenters. The van der Waals surface area contributed by atoms with Gasteiger partial charge in [0.25, 0.3) is 5.91 Å². The van der Waals surface area contributed by atoms with Gasteiger partial charge in [0.1, 0.15) is 0 Å². The molecule has 0 heterocycles. The molecule has 0 atom stereocenters. The summed E-state index contributed by atoms with van der Waals surface area (Å²) in [6.45, 7) is 0. The molecule has 0 radical (unpaired) electrons. The Hall–Kier alpha value is -3.25. The van der Waals surface area contributed by atoms with Crippen LogP contribution >= 0.6 is 11.8 Å². The molecule has 5 nitrogen and oxygen atoms in total. The van der Waals surface area contributed by atoms with Crippen molar-refractivity contribution >= 4 is 23.9 Å². The molecule has 0 bridgehead atoms. The first-order chi connectivity index (χ1) is 14.2. The molecule has 3 aromatic rings. The third-order valence-electron chi connectivity index (χ3n) is 4.18. The monoisotopic (exact) mass is 406 g/mol. The van der Waals surface area contributed by atoms with E-state index in [2.05, 4.69) is 22.7 Å². The van der Waals surface area contributed by atoms with E-state index in [-0.39, 0.29) is 11.7 Å². The maximum absolute atomic E-state index is 12.2. The fourth-order valence-electron chi connectivity index (χ4n) is 2.62.